The molecular weight excluding hydrogens is 396 g/mol. The normalized spacial score (nSPS) is 11.1. The molecule has 2 heterocycles. The zero-order chi connectivity index (χ0) is 21.1. The summed E-state index contributed by atoms with van der Waals surface area (Å²) in [6.07, 6.45) is 1.76. The standard InChI is InChI=1S/C23H20N4O2S/c1-16-21(23(29)27(26(16)2)20-9-4-3-5-10-20)25-22(28)18-7-6-8-19(13-18)24-14-17-11-12-30-15-17/h3-15H,1-2H3,(H,25,28). The van der Waals surface area contributed by atoms with E-state index in [1.807, 2.05) is 53.2 Å². The Morgan fingerprint density at radius 3 is 2.63 bits per heavy atom. The van der Waals surface area contributed by atoms with E-state index in [1.165, 1.54) is 4.68 Å². The lowest BCUT2D eigenvalue weighted by atomic mass is 10.2. The Bertz CT molecular complexity index is 1270. The van der Waals surface area contributed by atoms with Crippen LogP contribution in [0.3, 0.4) is 0 Å². The van der Waals surface area contributed by atoms with E-state index in [9.17, 15) is 9.59 Å². The molecule has 0 unspecified atom stereocenters. The van der Waals surface area contributed by atoms with E-state index in [0.29, 0.717) is 16.9 Å². The smallest absolute Gasteiger partial charge is 0.295 e. The Hall–Kier alpha value is -3.71. The van der Waals surface area contributed by atoms with Gasteiger partial charge in [-0.2, -0.15) is 11.3 Å². The lowest BCUT2D eigenvalue weighted by Crippen LogP contribution is -2.22. The van der Waals surface area contributed by atoms with Crippen molar-refractivity contribution >= 4 is 34.8 Å². The fourth-order valence-corrected chi connectivity index (χ4v) is 3.73. The van der Waals surface area contributed by atoms with Gasteiger partial charge in [-0.1, -0.05) is 24.3 Å². The van der Waals surface area contributed by atoms with Gasteiger partial charge < -0.3 is 5.32 Å². The van der Waals surface area contributed by atoms with Gasteiger partial charge in [-0.3, -0.25) is 19.3 Å². The molecule has 0 aliphatic heterocycles. The number of anilines is 1. The minimum absolute atomic E-state index is 0.263. The van der Waals surface area contributed by atoms with Crippen molar-refractivity contribution in [3.63, 3.8) is 0 Å². The van der Waals surface area contributed by atoms with Crippen molar-refractivity contribution in [1.29, 1.82) is 0 Å². The number of aromatic nitrogens is 2. The van der Waals surface area contributed by atoms with Crippen molar-refractivity contribution in [2.24, 2.45) is 12.0 Å². The highest BCUT2D eigenvalue weighted by atomic mass is 32.1. The Kier molecular flexibility index (Phi) is 5.45. The molecule has 0 bridgehead atoms. The van der Waals surface area contributed by atoms with Crippen molar-refractivity contribution in [1.82, 2.24) is 9.36 Å². The number of nitrogens with one attached hydrogen (secondary N) is 1. The average Bonchev–Trinajstić information content (AvgIpc) is 3.36. The van der Waals surface area contributed by atoms with Gasteiger partial charge >= 0.3 is 0 Å². The fourth-order valence-electron chi connectivity index (χ4n) is 3.12. The van der Waals surface area contributed by atoms with Crippen LogP contribution in [0.2, 0.25) is 0 Å². The number of carbonyl (C=O) groups is 1. The molecule has 6 nitrogen and oxygen atoms in total. The van der Waals surface area contributed by atoms with Crippen LogP contribution in [0, 0.1) is 6.92 Å². The van der Waals surface area contributed by atoms with E-state index in [-0.39, 0.29) is 17.2 Å². The number of carbonyl (C=O) groups excluding carboxylic acids is 1. The number of para-hydroxylation sites is 1. The Morgan fingerprint density at radius 2 is 1.90 bits per heavy atom. The van der Waals surface area contributed by atoms with Crippen molar-refractivity contribution in [2.45, 2.75) is 6.92 Å². The second-order valence-corrected chi connectivity index (χ2v) is 7.54. The van der Waals surface area contributed by atoms with Gasteiger partial charge in [-0.15, -0.1) is 0 Å². The molecule has 1 amide bonds. The van der Waals surface area contributed by atoms with Crippen LogP contribution in [0.5, 0.6) is 0 Å². The molecule has 7 heteroatoms. The van der Waals surface area contributed by atoms with Crippen molar-refractivity contribution in [3.8, 4) is 5.69 Å². The molecular formula is C23H20N4O2S. The number of hydrogen-bond acceptors (Lipinski definition) is 4. The van der Waals surface area contributed by atoms with E-state index in [2.05, 4.69) is 10.3 Å². The highest BCUT2D eigenvalue weighted by Gasteiger charge is 2.18. The highest BCUT2D eigenvalue weighted by molar-refractivity contribution is 7.08. The molecule has 2 aromatic heterocycles. The molecule has 4 aromatic rings. The molecule has 0 atom stereocenters. The van der Waals surface area contributed by atoms with Crippen LogP contribution in [0.4, 0.5) is 11.4 Å². The largest absolute Gasteiger partial charge is 0.316 e. The molecule has 150 valence electrons. The van der Waals surface area contributed by atoms with Crippen LogP contribution >= 0.6 is 11.3 Å². The van der Waals surface area contributed by atoms with Crippen LogP contribution in [-0.2, 0) is 7.05 Å². The molecule has 0 aliphatic carbocycles. The number of aliphatic imine (C=N–C) groups is 1. The maximum absolute atomic E-state index is 13.0. The number of thiophene rings is 1. The van der Waals surface area contributed by atoms with E-state index < -0.39 is 0 Å². The van der Waals surface area contributed by atoms with Gasteiger partial charge in [0.15, 0.2) is 0 Å². The van der Waals surface area contributed by atoms with Crippen LogP contribution < -0.4 is 10.9 Å². The summed E-state index contributed by atoms with van der Waals surface area (Å²) in [5, 5.41) is 6.76. The summed E-state index contributed by atoms with van der Waals surface area (Å²) in [6, 6.07) is 18.3. The van der Waals surface area contributed by atoms with Crippen molar-refractivity contribution in [3.05, 3.63) is 98.6 Å². The summed E-state index contributed by atoms with van der Waals surface area (Å²) in [4.78, 5) is 30.2. The average molecular weight is 417 g/mol. The first kappa shape index (κ1) is 19.6. The number of hydrogen-bond donors (Lipinski definition) is 1. The minimum atomic E-state index is -0.353. The molecule has 30 heavy (non-hydrogen) atoms. The summed E-state index contributed by atoms with van der Waals surface area (Å²) in [5.41, 5.74) is 3.50. The third-order valence-electron chi connectivity index (χ3n) is 4.81. The van der Waals surface area contributed by atoms with Crippen LogP contribution in [0.1, 0.15) is 21.6 Å². The Morgan fingerprint density at radius 1 is 1.10 bits per heavy atom. The summed E-state index contributed by atoms with van der Waals surface area (Å²) < 4.78 is 3.27. The zero-order valence-corrected chi connectivity index (χ0v) is 17.4. The first-order valence-corrected chi connectivity index (χ1v) is 10.3. The van der Waals surface area contributed by atoms with Gasteiger partial charge in [0.1, 0.15) is 5.69 Å². The molecule has 0 aliphatic rings. The highest BCUT2D eigenvalue weighted by Crippen LogP contribution is 2.18. The van der Waals surface area contributed by atoms with Crippen LogP contribution in [-0.4, -0.2) is 21.5 Å². The molecule has 4 rings (SSSR count). The molecule has 0 saturated carbocycles. The van der Waals surface area contributed by atoms with Crippen molar-refractivity contribution < 1.29 is 4.79 Å². The number of amides is 1. The van der Waals surface area contributed by atoms with Gasteiger partial charge in [-0.25, -0.2) is 4.68 Å². The molecule has 0 radical (unpaired) electrons. The number of nitrogens with zero attached hydrogens (tertiary/aromatic N) is 3. The lowest BCUT2D eigenvalue weighted by Gasteiger charge is -2.07. The second-order valence-electron chi connectivity index (χ2n) is 6.76. The summed E-state index contributed by atoms with van der Waals surface area (Å²) in [7, 11) is 1.79. The first-order valence-electron chi connectivity index (χ1n) is 9.36. The first-order chi connectivity index (χ1) is 14.5. The van der Waals surface area contributed by atoms with E-state index in [1.54, 1.807) is 54.4 Å². The maximum Gasteiger partial charge on any atom is 0.295 e. The molecule has 2 aromatic carbocycles. The third kappa shape index (κ3) is 3.88. The van der Waals surface area contributed by atoms with E-state index in [0.717, 1.165) is 11.3 Å². The summed E-state index contributed by atoms with van der Waals surface area (Å²) in [6.45, 7) is 1.80. The molecule has 1 N–H and O–H groups in total. The van der Waals surface area contributed by atoms with Gasteiger partial charge in [0, 0.05) is 24.4 Å². The van der Waals surface area contributed by atoms with E-state index in [4.69, 9.17) is 0 Å². The molecule has 0 spiro atoms. The van der Waals surface area contributed by atoms with E-state index >= 15 is 0 Å². The minimum Gasteiger partial charge on any atom is -0.316 e. The molecule has 0 saturated heterocycles. The Balaban J connectivity index is 1.61. The SMILES string of the molecule is Cc1c(NC(=O)c2cccc(N=Cc3ccsc3)c2)c(=O)n(-c2ccccc2)n1C. The summed E-state index contributed by atoms with van der Waals surface area (Å²) >= 11 is 1.60. The topological polar surface area (TPSA) is 68.4 Å². The predicted octanol–water partition coefficient (Wildman–Crippen LogP) is 4.55. The summed E-state index contributed by atoms with van der Waals surface area (Å²) in [5.74, 6) is -0.353. The zero-order valence-electron chi connectivity index (χ0n) is 16.6. The van der Waals surface area contributed by atoms with Crippen molar-refractivity contribution in [2.75, 3.05) is 5.32 Å². The quantitative estimate of drug-likeness (QED) is 0.485. The fraction of sp³-hybridized carbons (Fsp3) is 0.0870. The Labute approximate surface area is 177 Å². The third-order valence-corrected chi connectivity index (χ3v) is 5.51. The second kappa shape index (κ2) is 8.34. The maximum atomic E-state index is 13.0. The van der Waals surface area contributed by atoms with Gasteiger partial charge in [0.2, 0.25) is 0 Å². The number of rotatable bonds is 5. The lowest BCUT2D eigenvalue weighted by molar-refractivity contribution is 0.102. The predicted molar refractivity (Wildman–Crippen MR) is 122 cm³/mol. The van der Waals surface area contributed by atoms with Crippen LogP contribution in [0.25, 0.3) is 5.69 Å². The molecule has 0 fully saturated rings. The number of benzene rings is 2. The van der Waals surface area contributed by atoms with Gasteiger partial charge in [-0.05, 0) is 54.1 Å². The van der Waals surface area contributed by atoms with Gasteiger partial charge in [0.05, 0.1) is 17.1 Å². The van der Waals surface area contributed by atoms with Crippen LogP contribution in [0.15, 0.2) is 81.2 Å². The monoisotopic (exact) mass is 416 g/mol. The van der Waals surface area contributed by atoms with Gasteiger partial charge in [0.25, 0.3) is 11.5 Å².